The highest BCUT2D eigenvalue weighted by molar-refractivity contribution is 5.83. The van der Waals surface area contributed by atoms with E-state index in [1.165, 1.54) is 47.9 Å². The number of rotatable bonds is 4. The lowest BCUT2D eigenvalue weighted by Gasteiger charge is -2.06. The Morgan fingerprint density at radius 2 is 2.08 bits per heavy atom. The number of nitrogens with one attached hydrogen (secondary N) is 1. The van der Waals surface area contributed by atoms with Crippen LogP contribution in [0.5, 0.6) is 5.75 Å². The van der Waals surface area contributed by atoms with Gasteiger partial charge in [-0.1, -0.05) is 12.1 Å². The maximum Gasteiger partial charge on any atom is 0.332 e. The molecule has 0 unspecified atom stereocenters. The number of hydrogen-bond acceptors (Lipinski definition) is 6. The molecular weight excluding hydrogens is 340 g/mol. The third-order valence-electron chi connectivity index (χ3n) is 3.80. The molecule has 0 aliphatic rings. The van der Waals surface area contributed by atoms with Gasteiger partial charge >= 0.3 is 5.69 Å². The van der Waals surface area contributed by atoms with E-state index in [0.717, 1.165) is 4.57 Å². The van der Waals surface area contributed by atoms with E-state index in [0.29, 0.717) is 5.56 Å². The van der Waals surface area contributed by atoms with E-state index in [2.05, 4.69) is 15.5 Å². The number of phenolic OH excluding ortho intramolecular Hbond substituents is 1. The van der Waals surface area contributed by atoms with Crippen LogP contribution in [0.4, 0.5) is 0 Å². The summed E-state index contributed by atoms with van der Waals surface area (Å²) in [5, 5.41) is 13.2. The van der Waals surface area contributed by atoms with Gasteiger partial charge in [-0.25, -0.2) is 15.2 Å². The number of aromatic hydroxyl groups is 1. The molecule has 10 nitrogen and oxygen atoms in total. The summed E-state index contributed by atoms with van der Waals surface area (Å²) in [6, 6.07) is 6.37. The van der Waals surface area contributed by atoms with Gasteiger partial charge in [0.25, 0.3) is 11.5 Å². The number of fused-ring (bicyclic) bond motifs is 1. The molecule has 0 fully saturated rings. The van der Waals surface area contributed by atoms with Crippen molar-refractivity contribution in [1.29, 1.82) is 0 Å². The summed E-state index contributed by atoms with van der Waals surface area (Å²) in [6.45, 7) is -0.193. The maximum absolute atomic E-state index is 12.3. The van der Waals surface area contributed by atoms with Crippen molar-refractivity contribution in [1.82, 2.24) is 24.1 Å². The number of hydrogen-bond donors (Lipinski definition) is 2. The van der Waals surface area contributed by atoms with Gasteiger partial charge in [0, 0.05) is 14.1 Å². The molecule has 3 rings (SSSR count). The van der Waals surface area contributed by atoms with Crippen LogP contribution >= 0.6 is 0 Å². The smallest absolute Gasteiger partial charge is 0.332 e. The van der Waals surface area contributed by atoms with E-state index in [4.69, 9.17) is 0 Å². The number of carbonyl (C=O) groups excluding carboxylic acids is 1. The summed E-state index contributed by atoms with van der Waals surface area (Å²) in [5.74, 6) is -0.386. The second-order valence-corrected chi connectivity index (χ2v) is 5.64. The molecule has 0 aliphatic carbocycles. The molecular formula is C16H16N6O4. The molecule has 1 aromatic carbocycles. The van der Waals surface area contributed by atoms with Gasteiger partial charge in [-0.3, -0.25) is 18.7 Å². The van der Waals surface area contributed by atoms with Crippen molar-refractivity contribution in [3.8, 4) is 5.75 Å². The Labute approximate surface area is 146 Å². The van der Waals surface area contributed by atoms with Crippen molar-refractivity contribution in [3.63, 3.8) is 0 Å². The standard InChI is InChI=1S/C16H16N6O4/c1-20-14-13(15(25)21(2)16(20)26)22(9-17-14)8-12(24)19-18-7-10-4-3-5-11(23)6-10/h3-7,9,23H,8H2,1-2H3,(H,19,24)/b18-7-. The number of hydrazone groups is 1. The van der Waals surface area contributed by atoms with Crippen molar-refractivity contribution in [2.45, 2.75) is 6.54 Å². The molecule has 0 bridgehead atoms. The first-order valence-electron chi connectivity index (χ1n) is 7.60. The first kappa shape index (κ1) is 17.1. The largest absolute Gasteiger partial charge is 0.508 e. The molecule has 10 heteroatoms. The minimum atomic E-state index is -0.531. The fourth-order valence-corrected chi connectivity index (χ4v) is 2.49. The molecule has 2 heterocycles. The zero-order valence-corrected chi connectivity index (χ0v) is 14.1. The van der Waals surface area contributed by atoms with Gasteiger partial charge in [-0.15, -0.1) is 0 Å². The predicted molar refractivity (Wildman–Crippen MR) is 94.1 cm³/mol. The molecule has 2 N–H and O–H groups in total. The Morgan fingerprint density at radius 3 is 2.81 bits per heavy atom. The zero-order valence-electron chi connectivity index (χ0n) is 14.1. The molecule has 0 aliphatic heterocycles. The molecule has 0 saturated carbocycles. The molecule has 0 spiro atoms. The number of imidazole rings is 1. The minimum absolute atomic E-state index is 0.0895. The number of amides is 1. The highest BCUT2D eigenvalue weighted by atomic mass is 16.3. The normalized spacial score (nSPS) is 11.3. The monoisotopic (exact) mass is 356 g/mol. The predicted octanol–water partition coefficient (Wildman–Crippen LogP) is -0.710. The molecule has 134 valence electrons. The lowest BCUT2D eigenvalue weighted by Crippen LogP contribution is -2.38. The third-order valence-corrected chi connectivity index (χ3v) is 3.80. The van der Waals surface area contributed by atoms with Crippen molar-refractivity contribution in [3.05, 3.63) is 57.0 Å². The second-order valence-electron chi connectivity index (χ2n) is 5.64. The second kappa shape index (κ2) is 6.67. The summed E-state index contributed by atoms with van der Waals surface area (Å²) < 4.78 is 3.56. The fraction of sp³-hybridized carbons (Fsp3) is 0.188. The van der Waals surface area contributed by atoms with E-state index in [1.807, 2.05) is 0 Å². The molecule has 0 radical (unpaired) electrons. The van der Waals surface area contributed by atoms with Gasteiger partial charge in [0.2, 0.25) is 0 Å². The first-order valence-corrected chi connectivity index (χ1v) is 7.60. The van der Waals surface area contributed by atoms with E-state index in [9.17, 15) is 19.5 Å². The van der Waals surface area contributed by atoms with Gasteiger partial charge in [0.05, 0.1) is 12.5 Å². The molecule has 1 amide bonds. The van der Waals surface area contributed by atoms with Crippen LogP contribution in [0.3, 0.4) is 0 Å². The van der Waals surface area contributed by atoms with Crippen molar-refractivity contribution in [2.75, 3.05) is 0 Å². The van der Waals surface area contributed by atoms with Crippen LogP contribution in [0, 0.1) is 0 Å². The van der Waals surface area contributed by atoms with Crippen LogP contribution in [-0.2, 0) is 25.4 Å². The highest BCUT2D eigenvalue weighted by Crippen LogP contribution is 2.08. The Balaban J connectivity index is 1.80. The van der Waals surface area contributed by atoms with Crippen LogP contribution in [0.2, 0.25) is 0 Å². The zero-order chi connectivity index (χ0) is 18.8. The van der Waals surface area contributed by atoms with Gasteiger partial charge in [0.1, 0.15) is 12.3 Å². The molecule has 3 aromatic rings. The summed E-state index contributed by atoms with van der Waals surface area (Å²) in [6.07, 6.45) is 2.70. The lowest BCUT2D eigenvalue weighted by atomic mass is 10.2. The fourth-order valence-electron chi connectivity index (χ4n) is 2.49. The number of nitrogens with zero attached hydrogens (tertiary/aromatic N) is 5. The number of benzene rings is 1. The average molecular weight is 356 g/mol. The quantitative estimate of drug-likeness (QED) is 0.472. The van der Waals surface area contributed by atoms with Crippen molar-refractivity contribution >= 4 is 23.3 Å². The number of carbonyl (C=O) groups is 1. The highest BCUT2D eigenvalue weighted by Gasteiger charge is 2.15. The van der Waals surface area contributed by atoms with Crippen molar-refractivity contribution in [2.24, 2.45) is 19.2 Å². The Hall–Kier alpha value is -3.69. The first-order chi connectivity index (χ1) is 12.4. The van der Waals surface area contributed by atoms with E-state index in [-0.39, 0.29) is 23.5 Å². The summed E-state index contributed by atoms with van der Waals surface area (Å²) >= 11 is 0. The van der Waals surface area contributed by atoms with Gasteiger partial charge < -0.3 is 9.67 Å². The lowest BCUT2D eigenvalue weighted by molar-refractivity contribution is -0.121. The van der Waals surface area contributed by atoms with Crippen LogP contribution in [-0.4, -0.2) is 35.9 Å². The molecule has 0 atom stereocenters. The topological polar surface area (TPSA) is 124 Å². The number of aromatic nitrogens is 4. The minimum Gasteiger partial charge on any atom is -0.508 e. The molecule has 2 aromatic heterocycles. The van der Waals surface area contributed by atoms with E-state index in [1.54, 1.807) is 12.1 Å². The molecule has 26 heavy (non-hydrogen) atoms. The number of aryl methyl sites for hydroxylation is 1. The molecule has 0 saturated heterocycles. The maximum atomic E-state index is 12.3. The van der Waals surface area contributed by atoms with Crippen LogP contribution < -0.4 is 16.7 Å². The third kappa shape index (κ3) is 3.11. The van der Waals surface area contributed by atoms with Crippen LogP contribution in [0.25, 0.3) is 11.2 Å². The summed E-state index contributed by atoms with van der Waals surface area (Å²) in [5.41, 5.74) is 2.28. The average Bonchev–Trinajstić information content (AvgIpc) is 3.02. The summed E-state index contributed by atoms with van der Waals surface area (Å²) in [4.78, 5) is 40.3. The Morgan fingerprint density at radius 1 is 1.31 bits per heavy atom. The van der Waals surface area contributed by atoms with Gasteiger partial charge in [0.15, 0.2) is 11.2 Å². The SMILES string of the molecule is Cn1c(=O)c2c(ncn2CC(=O)N/N=C\c2cccc(O)c2)n(C)c1=O. The van der Waals surface area contributed by atoms with Gasteiger partial charge in [-0.2, -0.15) is 5.10 Å². The van der Waals surface area contributed by atoms with Crippen LogP contribution in [0.15, 0.2) is 45.3 Å². The Bertz CT molecular complexity index is 1140. The van der Waals surface area contributed by atoms with E-state index >= 15 is 0 Å². The van der Waals surface area contributed by atoms with Crippen LogP contribution in [0.1, 0.15) is 5.56 Å². The van der Waals surface area contributed by atoms with E-state index < -0.39 is 17.2 Å². The number of phenols is 1. The Kier molecular flexibility index (Phi) is 4.40. The van der Waals surface area contributed by atoms with Gasteiger partial charge in [-0.05, 0) is 17.7 Å². The summed E-state index contributed by atoms with van der Waals surface area (Å²) in [7, 11) is 2.86. The van der Waals surface area contributed by atoms with Crippen molar-refractivity contribution < 1.29 is 9.90 Å².